The molecular formula is C13H16N2O3. The van der Waals surface area contributed by atoms with Crippen LogP contribution in [0.2, 0.25) is 0 Å². The van der Waals surface area contributed by atoms with Gasteiger partial charge in [0.2, 0.25) is 5.91 Å². The number of aromatic nitrogens is 1. The second kappa shape index (κ2) is 4.76. The van der Waals surface area contributed by atoms with Gasteiger partial charge < -0.3 is 10.4 Å². The van der Waals surface area contributed by atoms with Crippen LogP contribution in [0.15, 0.2) is 18.3 Å². The Morgan fingerprint density at radius 2 is 2.17 bits per heavy atom. The monoisotopic (exact) mass is 248 g/mol. The molecule has 18 heavy (non-hydrogen) atoms. The molecule has 96 valence electrons. The molecule has 1 heterocycles. The SMILES string of the molecule is CC(=O)NCC1(c2ccc(C(=O)O)cn2)CCC1. The summed E-state index contributed by atoms with van der Waals surface area (Å²) in [6.45, 7) is 2.06. The van der Waals surface area contributed by atoms with Crippen LogP contribution in [0, 0.1) is 0 Å². The summed E-state index contributed by atoms with van der Waals surface area (Å²) in [7, 11) is 0. The van der Waals surface area contributed by atoms with Crippen LogP contribution in [0.25, 0.3) is 0 Å². The first-order valence-corrected chi connectivity index (χ1v) is 5.98. The highest BCUT2D eigenvalue weighted by atomic mass is 16.4. The van der Waals surface area contributed by atoms with Gasteiger partial charge in [-0.1, -0.05) is 6.42 Å². The van der Waals surface area contributed by atoms with Crippen molar-refractivity contribution in [1.82, 2.24) is 10.3 Å². The fourth-order valence-corrected chi connectivity index (χ4v) is 2.25. The first kappa shape index (κ1) is 12.5. The van der Waals surface area contributed by atoms with Gasteiger partial charge in [0, 0.05) is 30.8 Å². The Morgan fingerprint density at radius 1 is 1.44 bits per heavy atom. The second-order valence-corrected chi connectivity index (χ2v) is 4.78. The number of hydrogen-bond acceptors (Lipinski definition) is 3. The molecule has 1 saturated carbocycles. The minimum absolute atomic E-state index is 0.0524. The summed E-state index contributed by atoms with van der Waals surface area (Å²) >= 11 is 0. The molecule has 5 nitrogen and oxygen atoms in total. The number of aromatic carboxylic acids is 1. The van der Waals surface area contributed by atoms with E-state index in [1.54, 1.807) is 12.1 Å². The number of nitrogens with zero attached hydrogens (tertiary/aromatic N) is 1. The summed E-state index contributed by atoms with van der Waals surface area (Å²) in [5, 5.41) is 11.7. The lowest BCUT2D eigenvalue weighted by Gasteiger charge is -2.41. The third-order valence-electron chi connectivity index (χ3n) is 3.54. The molecule has 0 spiro atoms. The molecular weight excluding hydrogens is 232 g/mol. The lowest BCUT2D eigenvalue weighted by atomic mass is 9.66. The summed E-state index contributed by atoms with van der Waals surface area (Å²) in [6, 6.07) is 3.32. The summed E-state index contributed by atoms with van der Waals surface area (Å²) in [6.07, 6.45) is 4.45. The van der Waals surface area contributed by atoms with Crippen molar-refractivity contribution in [2.75, 3.05) is 6.54 Å². The molecule has 1 aliphatic rings. The number of hydrogen-bond donors (Lipinski definition) is 2. The van der Waals surface area contributed by atoms with Crippen LogP contribution in [0.5, 0.6) is 0 Å². The van der Waals surface area contributed by atoms with Gasteiger partial charge >= 0.3 is 5.97 Å². The number of amides is 1. The van der Waals surface area contributed by atoms with Gasteiger partial charge in [-0.2, -0.15) is 0 Å². The van der Waals surface area contributed by atoms with Gasteiger partial charge in [-0.25, -0.2) is 4.79 Å². The van der Waals surface area contributed by atoms with Gasteiger partial charge in [0.1, 0.15) is 0 Å². The number of carboxylic acids is 1. The Hall–Kier alpha value is -1.91. The number of pyridine rings is 1. The normalized spacial score (nSPS) is 16.7. The van der Waals surface area contributed by atoms with Crippen molar-refractivity contribution in [3.05, 3.63) is 29.6 Å². The number of carbonyl (C=O) groups is 2. The van der Waals surface area contributed by atoms with Crippen molar-refractivity contribution in [3.8, 4) is 0 Å². The highest BCUT2D eigenvalue weighted by molar-refractivity contribution is 5.87. The van der Waals surface area contributed by atoms with Crippen LogP contribution in [0.1, 0.15) is 42.2 Å². The number of carbonyl (C=O) groups excluding carboxylic acids is 1. The maximum atomic E-state index is 11.0. The first-order valence-electron chi connectivity index (χ1n) is 5.98. The predicted molar refractivity (Wildman–Crippen MR) is 65.4 cm³/mol. The highest BCUT2D eigenvalue weighted by Crippen LogP contribution is 2.42. The summed E-state index contributed by atoms with van der Waals surface area (Å²) < 4.78 is 0. The minimum atomic E-state index is -0.974. The van der Waals surface area contributed by atoms with Crippen LogP contribution in [0.3, 0.4) is 0 Å². The van der Waals surface area contributed by atoms with Gasteiger partial charge in [0.15, 0.2) is 0 Å². The Morgan fingerprint density at radius 3 is 2.56 bits per heavy atom. The fourth-order valence-electron chi connectivity index (χ4n) is 2.25. The maximum Gasteiger partial charge on any atom is 0.337 e. The van der Waals surface area contributed by atoms with E-state index in [0.29, 0.717) is 6.54 Å². The van der Waals surface area contributed by atoms with Crippen LogP contribution in [-0.4, -0.2) is 28.5 Å². The Kier molecular flexibility index (Phi) is 3.32. The summed E-state index contributed by atoms with van der Waals surface area (Å²) in [5.41, 5.74) is 0.947. The Balaban J connectivity index is 2.17. The van der Waals surface area contributed by atoms with Gasteiger partial charge in [0.05, 0.1) is 5.56 Å². The maximum absolute atomic E-state index is 11.0. The van der Waals surface area contributed by atoms with Crippen molar-refractivity contribution < 1.29 is 14.7 Å². The van der Waals surface area contributed by atoms with E-state index < -0.39 is 5.97 Å². The molecule has 1 aliphatic carbocycles. The molecule has 0 saturated heterocycles. The zero-order chi connectivity index (χ0) is 13.2. The van der Waals surface area contributed by atoms with E-state index in [-0.39, 0.29) is 16.9 Å². The summed E-state index contributed by atoms with van der Waals surface area (Å²) in [5.74, 6) is -1.03. The fraction of sp³-hybridized carbons (Fsp3) is 0.462. The third-order valence-corrected chi connectivity index (χ3v) is 3.54. The van der Waals surface area contributed by atoms with Crippen molar-refractivity contribution in [2.24, 2.45) is 0 Å². The van der Waals surface area contributed by atoms with E-state index in [9.17, 15) is 9.59 Å². The number of rotatable bonds is 4. The van der Waals surface area contributed by atoms with Gasteiger partial charge in [0.25, 0.3) is 0 Å². The van der Waals surface area contributed by atoms with Crippen molar-refractivity contribution in [3.63, 3.8) is 0 Å². The quantitative estimate of drug-likeness (QED) is 0.842. The molecule has 0 aromatic carbocycles. The van der Waals surface area contributed by atoms with E-state index in [0.717, 1.165) is 25.0 Å². The van der Waals surface area contributed by atoms with Crippen molar-refractivity contribution >= 4 is 11.9 Å². The largest absolute Gasteiger partial charge is 0.478 e. The number of carboxylic acid groups (broad SMARTS) is 1. The van der Waals surface area contributed by atoms with Crippen LogP contribution < -0.4 is 5.32 Å². The van der Waals surface area contributed by atoms with E-state index >= 15 is 0 Å². The van der Waals surface area contributed by atoms with E-state index in [1.807, 2.05) is 0 Å². The van der Waals surface area contributed by atoms with Crippen LogP contribution in [-0.2, 0) is 10.2 Å². The first-order chi connectivity index (χ1) is 8.53. The Bertz CT molecular complexity index is 464. The standard InChI is InChI=1S/C13H16N2O3/c1-9(16)15-8-13(5-2-6-13)11-4-3-10(7-14-11)12(17)18/h3-4,7H,2,5-6,8H2,1H3,(H,15,16)(H,17,18). The van der Waals surface area contributed by atoms with Crippen molar-refractivity contribution in [1.29, 1.82) is 0 Å². The molecule has 1 aromatic rings. The van der Waals surface area contributed by atoms with Gasteiger partial charge in [-0.15, -0.1) is 0 Å². The minimum Gasteiger partial charge on any atom is -0.478 e. The Labute approximate surface area is 105 Å². The average molecular weight is 248 g/mol. The van der Waals surface area contributed by atoms with E-state index in [4.69, 9.17) is 5.11 Å². The molecule has 0 bridgehead atoms. The van der Waals surface area contributed by atoms with E-state index in [2.05, 4.69) is 10.3 Å². The molecule has 0 aliphatic heterocycles. The smallest absolute Gasteiger partial charge is 0.337 e. The average Bonchev–Trinajstić information content (AvgIpc) is 2.28. The zero-order valence-electron chi connectivity index (χ0n) is 10.3. The molecule has 1 fully saturated rings. The van der Waals surface area contributed by atoms with Gasteiger partial charge in [-0.05, 0) is 25.0 Å². The zero-order valence-corrected chi connectivity index (χ0v) is 10.3. The highest BCUT2D eigenvalue weighted by Gasteiger charge is 2.40. The molecule has 2 rings (SSSR count). The molecule has 0 atom stereocenters. The van der Waals surface area contributed by atoms with Gasteiger partial charge in [-0.3, -0.25) is 9.78 Å². The third kappa shape index (κ3) is 2.34. The topological polar surface area (TPSA) is 79.3 Å². The number of nitrogens with one attached hydrogen (secondary N) is 1. The molecule has 1 amide bonds. The molecule has 1 aromatic heterocycles. The summed E-state index contributed by atoms with van der Waals surface area (Å²) in [4.78, 5) is 26.0. The van der Waals surface area contributed by atoms with E-state index in [1.165, 1.54) is 13.1 Å². The van der Waals surface area contributed by atoms with Crippen LogP contribution >= 0.6 is 0 Å². The lowest BCUT2D eigenvalue weighted by molar-refractivity contribution is -0.119. The lowest BCUT2D eigenvalue weighted by Crippen LogP contribution is -2.45. The predicted octanol–water partition coefficient (Wildman–Crippen LogP) is 1.34. The molecule has 0 unspecified atom stereocenters. The molecule has 2 N–H and O–H groups in total. The van der Waals surface area contributed by atoms with Crippen molar-refractivity contribution in [2.45, 2.75) is 31.6 Å². The molecule has 0 radical (unpaired) electrons. The second-order valence-electron chi connectivity index (χ2n) is 4.78. The van der Waals surface area contributed by atoms with Crippen LogP contribution in [0.4, 0.5) is 0 Å². The molecule has 5 heteroatoms.